The molecule has 2 rings (SSSR count). The fourth-order valence-corrected chi connectivity index (χ4v) is 2.73. The van der Waals surface area contributed by atoms with E-state index in [0.29, 0.717) is 5.56 Å². The molecule has 92 valence electrons. The number of aryl methyl sites for hydroxylation is 3. The van der Waals surface area contributed by atoms with E-state index in [1.54, 1.807) is 23.5 Å². The number of rotatable bonds is 3. The molecule has 0 aromatic carbocycles. The maximum absolute atomic E-state index is 8.91. The lowest BCUT2D eigenvalue weighted by Gasteiger charge is -2.05. The zero-order chi connectivity index (χ0) is 13.1. The largest absolute Gasteiger partial charge is 0.365 e. The average Bonchev–Trinajstić information content (AvgIpc) is 2.65. The standard InChI is InChI=1S/C14H15N3S/c1-9-4-13(18-11(9)3)8-16-14-6-12(7-15)5-10(2)17-14/h4-6H,8H2,1-3H3,(H,16,17). The molecule has 0 radical (unpaired) electrons. The van der Waals surface area contributed by atoms with Gasteiger partial charge in [-0.05, 0) is 44.5 Å². The summed E-state index contributed by atoms with van der Waals surface area (Å²) in [6, 6.07) is 7.89. The Kier molecular flexibility index (Phi) is 3.63. The first-order valence-corrected chi connectivity index (χ1v) is 6.58. The van der Waals surface area contributed by atoms with Crippen LogP contribution in [0.15, 0.2) is 18.2 Å². The van der Waals surface area contributed by atoms with Crippen molar-refractivity contribution in [3.05, 3.63) is 44.8 Å². The summed E-state index contributed by atoms with van der Waals surface area (Å²) in [5.41, 5.74) is 2.82. The zero-order valence-corrected chi connectivity index (χ0v) is 11.6. The van der Waals surface area contributed by atoms with Gasteiger partial charge in [0.1, 0.15) is 5.82 Å². The maximum atomic E-state index is 8.91. The van der Waals surface area contributed by atoms with Crippen LogP contribution < -0.4 is 5.32 Å². The summed E-state index contributed by atoms with van der Waals surface area (Å²) in [6.45, 7) is 6.89. The Hall–Kier alpha value is -1.86. The van der Waals surface area contributed by atoms with E-state index in [1.807, 2.05) is 6.92 Å². The molecule has 0 spiro atoms. The van der Waals surface area contributed by atoms with Crippen molar-refractivity contribution >= 4 is 17.2 Å². The van der Waals surface area contributed by atoms with Crippen molar-refractivity contribution in [2.24, 2.45) is 0 Å². The van der Waals surface area contributed by atoms with Crippen molar-refractivity contribution in [1.29, 1.82) is 5.26 Å². The van der Waals surface area contributed by atoms with Gasteiger partial charge in [0.25, 0.3) is 0 Å². The number of nitrogens with zero attached hydrogens (tertiary/aromatic N) is 2. The van der Waals surface area contributed by atoms with Crippen molar-refractivity contribution in [3.63, 3.8) is 0 Å². The number of hydrogen-bond donors (Lipinski definition) is 1. The van der Waals surface area contributed by atoms with Crippen LogP contribution in [0.25, 0.3) is 0 Å². The third-order valence-corrected chi connectivity index (χ3v) is 3.90. The van der Waals surface area contributed by atoms with E-state index in [4.69, 9.17) is 5.26 Å². The Morgan fingerprint density at radius 3 is 2.67 bits per heavy atom. The number of hydrogen-bond acceptors (Lipinski definition) is 4. The normalized spacial score (nSPS) is 10.1. The summed E-state index contributed by atoms with van der Waals surface area (Å²) < 4.78 is 0. The minimum absolute atomic E-state index is 0.642. The molecular formula is C14H15N3S. The summed E-state index contributed by atoms with van der Waals surface area (Å²) in [5.74, 6) is 0.759. The van der Waals surface area contributed by atoms with Crippen LogP contribution in [-0.2, 0) is 6.54 Å². The molecule has 0 unspecified atom stereocenters. The Bertz CT molecular complexity index is 588. The predicted molar refractivity (Wildman–Crippen MR) is 74.8 cm³/mol. The second-order valence-electron chi connectivity index (χ2n) is 4.30. The lowest BCUT2D eigenvalue weighted by molar-refractivity contribution is 1.10. The molecule has 0 saturated heterocycles. The molecule has 2 aromatic rings. The molecule has 1 N–H and O–H groups in total. The summed E-state index contributed by atoms with van der Waals surface area (Å²) in [5, 5.41) is 12.2. The first-order chi connectivity index (χ1) is 8.58. The van der Waals surface area contributed by atoms with Crippen LogP contribution in [0.5, 0.6) is 0 Å². The number of nitriles is 1. The van der Waals surface area contributed by atoms with Gasteiger partial charge in [-0.15, -0.1) is 11.3 Å². The number of aromatic nitrogens is 1. The van der Waals surface area contributed by atoms with E-state index in [1.165, 1.54) is 15.3 Å². The summed E-state index contributed by atoms with van der Waals surface area (Å²) in [4.78, 5) is 7.00. The van der Waals surface area contributed by atoms with E-state index in [9.17, 15) is 0 Å². The van der Waals surface area contributed by atoms with Gasteiger partial charge in [-0.3, -0.25) is 0 Å². The van der Waals surface area contributed by atoms with E-state index in [2.05, 4.69) is 36.3 Å². The minimum Gasteiger partial charge on any atom is -0.365 e. The number of pyridine rings is 1. The second kappa shape index (κ2) is 5.19. The van der Waals surface area contributed by atoms with E-state index >= 15 is 0 Å². The van der Waals surface area contributed by atoms with Crippen molar-refractivity contribution in [2.75, 3.05) is 5.32 Å². The van der Waals surface area contributed by atoms with Gasteiger partial charge in [0.05, 0.1) is 18.2 Å². The lowest BCUT2D eigenvalue weighted by atomic mass is 10.2. The molecule has 0 aliphatic carbocycles. The molecule has 0 saturated carbocycles. The summed E-state index contributed by atoms with van der Waals surface area (Å²) >= 11 is 1.79. The SMILES string of the molecule is Cc1cc(C#N)cc(NCc2cc(C)c(C)s2)n1. The zero-order valence-electron chi connectivity index (χ0n) is 10.7. The minimum atomic E-state index is 0.642. The monoisotopic (exact) mass is 257 g/mol. The smallest absolute Gasteiger partial charge is 0.127 e. The molecule has 0 aliphatic rings. The van der Waals surface area contributed by atoms with Crippen LogP contribution in [0.3, 0.4) is 0 Å². The van der Waals surface area contributed by atoms with Gasteiger partial charge >= 0.3 is 0 Å². The Labute approximate surface area is 111 Å². The fraction of sp³-hybridized carbons (Fsp3) is 0.286. The van der Waals surface area contributed by atoms with Crippen LogP contribution in [0.4, 0.5) is 5.82 Å². The molecule has 2 aromatic heterocycles. The van der Waals surface area contributed by atoms with Gasteiger partial charge < -0.3 is 5.32 Å². The van der Waals surface area contributed by atoms with Crippen LogP contribution in [0.2, 0.25) is 0 Å². The summed E-state index contributed by atoms with van der Waals surface area (Å²) in [6.07, 6.45) is 0. The molecule has 4 heteroatoms. The maximum Gasteiger partial charge on any atom is 0.127 e. The van der Waals surface area contributed by atoms with Gasteiger partial charge in [0.15, 0.2) is 0 Å². The fourth-order valence-electron chi connectivity index (χ4n) is 1.74. The van der Waals surface area contributed by atoms with E-state index in [-0.39, 0.29) is 0 Å². The van der Waals surface area contributed by atoms with Gasteiger partial charge in [0, 0.05) is 15.4 Å². The highest BCUT2D eigenvalue weighted by molar-refractivity contribution is 7.12. The molecule has 0 amide bonds. The average molecular weight is 257 g/mol. The number of thiophene rings is 1. The van der Waals surface area contributed by atoms with Crippen molar-refractivity contribution in [2.45, 2.75) is 27.3 Å². The highest BCUT2D eigenvalue weighted by atomic mass is 32.1. The molecule has 0 bridgehead atoms. The van der Waals surface area contributed by atoms with Gasteiger partial charge in [-0.1, -0.05) is 0 Å². The second-order valence-corrected chi connectivity index (χ2v) is 5.64. The van der Waals surface area contributed by atoms with Crippen molar-refractivity contribution in [1.82, 2.24) is 4.98 Å². The van der Waals surface area contributed by atoms with Crippen LogP contribution in [-0.4, -0.2) is 4.98 Å². The van der Waals surface area contributed by atoms with Crippen molar-refractivity contribution < 1.29 is 0 Å². The molecule has 0 atom stereocenters. The van der Waals surface area contributed by atoms with Gasteiger partial charge in [0.2, 0.25) is 0 Å². The molecule has 3 nitrogen and oxygen atoms in total. The Morgan fingerprint density at radius 2 is 2.06 bits per heavy atom. The van der Waals surface area contributed by atoms with E-state index in [0.717, 1.165) is 18.1 Å². The third-order valence-electron chi connectivity index (χ3n) is 2.74. The number of nitrogens with one attached hydrogen (secondary N) is 1. The first kappa shape index (κ1) is 12.6. The van der Waals surface area contributed by atoms with E-state index < -0.39 is 0 Å². The third kappa shape index (κ3) is 2.88. The van der Waals surface area contributed by atoms with Gasteiger partial charge in [-0.2, -0.15) is 5.26 Å². The summed E-state index contributed by atoms with van der Waals surface area (Å²) in [7, 11) is 0. The Morgan fingerprint density at radius 1 is 1.28 bits per heavy atom. The molecule has 0 fully saturated rings. The highest BCUT2D eigenvalue weighted by Gasteiger charge is 2.03. The first-order valence-electron chi connectivity index (χ1n) is 5.77. The van der Waals surface area contributed by atoms with Crippen molar-refractivity contribution in [3.8, 4) is 6.07 Å². The Balaban J connectivity index is 2.11. The topological polar surface area (TPSA) is 48.7 Å². The molecular weight excluding hydrogens is 242 g/mol. The lowest BCUT2D eigenvalue weighted by Crippen LogP contribution is -2.01. The van der Waals surface area contributed by atoms with Gasteiger partial charge in [-0.25, -0.2) is 4.98 Å². The molecule has 18 heavy (non-hydrogen) atoms. The molecule has 2 heterocycles. The quantitative estimate of drug-likeness (QED) is 0.914. The molecule has 0 aliphatic heterocycles. The van der Waals surface area contributed by atoms with Crippen LogP contribution in [0.1, 0.15) is 26.6 Å². The van der Waals surface area contributed by atoms with Crippen LogP contribution in [0, 0.1) is 32.1 Å². The number of anilines is 1. The highest BCUT2D eigenvalue weighted by Crippen LogP contribution is 2.21. The predicted octanol–water partition coefficient (Wildman–Crippen LogP) is 3.55. The van der Waals surface area contributed by atoms with Crippen LogP contribution >= 0.6 is 11.3 Å².